The van der Waals surface area contributed by atoms with Gasteiger partial charge in [0.2, 0.25) is 0 Å². The molecule has 1 saturated heterocycles. The molecule has 0 bridgehead atoms. The molecular weight excluding hydrogens is 364 g/mol. The van der Waals surface area contributed by atoms with Crippen molar-refractivity contribution in [1.29, 1.82) is 0 Å². The Morgan fingerprint density at radius 3 is 2.10 bits per heavy atom. The van der Waals surface area contributed by atoms with E-state index < -0.39 is 0 Å². The Bertz CT molecular complexity index is 949. The van der Waals surface area contributed by atoms with Crippen LogP contribution in [-0.4, -0.2) is 44.1 Å². The molecule has 1 fully saturated rings. The number of carbonyl (C=O) groups is 1. The molecule has 3 aromatic carbocycles. The van der Waals surface area contributed by atoms with Crippen LogP contribution in [0.3, 0.4) is 0 Å². The minimum Gasteiger partial charge on any atom is -0.497 e. The second-order valence-electron chi connectivity index (χ2n) is 6.89. The summed E-state index contributed by atoms with van der Waals surface area (Å²) in [6.45, 7) is 2.86. The first-order valence-corrected chi connectivity index (χ1v) is 9.75. The van der Waals surface area contributed by atoms with Crippen molar-refractivity contribution in [1.82, 2.24) is 4.90 Å². The van der Waals surface area contributed by atoms with Gasteiger partial charge in [-0.15, -0.1) is 0 Å². The highest BCUT2D eigenvalue weighted by Gasteiger charge is 2.24. The van der Waals surface area contributed by atoms with Crippen LogP contribution in [0, 0.1) is 0 Å². The predicted octanol–water partition coefficient (Wildman–Crippen LogP) is 4.45. The number of amides is 1. The lowest BCUT2D eigenvalue weighted by molar-refractivity contribution is 0.0746. The molecule has 0 aromatic heterocycles. The molecule has 1 aliphatic heterocycles. The number of hydrogen-bond donors (Lipinski definition) is 0. The van der Waals surface area contributed by atoms with Gasteiger partial charge in [-0.2, -0.15) is 0 Å². The molecular formula is C24H24N2O3. The number of rotatable bonds is 5. The lowest BCUT2D eigenvalue weighted by Gasteiger charge is -2.36. The van der Waals surface area contributed by atoms with Crippen molar-refractivity contribution in [2.24, 2.45) is 0 Å². The van der Waals surface area contributed by atoms with Crippen molar-refractivity contribution in [2.75, 3.05) is 38.2 Å². The topological polar surface area (TPSA) is 42.0 Å². The fourth-order valence-electron chi connectivity index (χ4n) is 3.49. The Morgan fingerprint density at radius 2 is 1.41 bits per heavy atom. The molecule has 4 rings (SSSR count). The predicted molar refractivity (Wildman–Crippen MR) is 114 cm³/mol. The zero-order chi connectivity index (χ0) is 20.1. The molecule has 0 N–H and O–H groups in total. The van der Waals surface area contributed by atoms with Crippen molar-refractivity contribution in [3.8, 4) is 17.2 Å². The summed E-state index contributed by atoms with van der Waals surface area (Å²) in [5.41, 5.74) is 1.74. The molecule has 5 heteroatoms. The minimum absolute atomic E-state index is 0.0566. The summed E-state index contributed by atoms with van der Waals surface area (Å²) in [6.07, 6.45) is 0. The van der Waals surface area contributed by atoms with E-state index in [0.29, 0.717) is 18.7 Å². The summed E-state index contributed by atoms with van der Waals surface area (Å²) in [4.78, 5) is 17.0. The van der Waals surface area contributed by atoms with Crippen LogP contribution in [0.15, 0.2) is 78.9 Å². The zero-order valence-corrected chi connectivity index (χ0v) is 16.5. The molecule has 0 saturated carbocycles. The van der Waals surface area contributed by atoms with Gasteiger partial charge in [-0.1, -0.05) is 30.3 Å². The summed E-state index contributed by atoms with van der Waals surface area (Å²) >= 11 is 0. The van der Waals surface area contributed by atoms with Crippen molar-refractivity contribution >= 4 is 11.6 Å². The Labute approximate surface area is 171 Å². The van der Waals surface area contributed by atoms with Crippen LogP contribution in [-0.2, 0) is 0 Å². The van der Waals surface area contributed by atoms with Crippen molar-refractivity contribution < 1.29 is 14.3 Å². The first kappa shape index (κ1) is 18.9. The van der Waals surface area contributed by atoms with Gasteiger partial charge in [-0.3, -0.25) is 4.79 Å². The summed E-state index contributed by atoms with van der Waals surface area (Å²) in [6, 6.07) is 25.1. The van der Waals surface area contributed by atoms with Gasteiger partial charge < -0.3 is 19.3 Å². The van der Waals surface area contributed by atoms with E-state index in [1.165, 1.54) is 0 Å². The largest absolute Gasteiger partial charge is 0.497 e. The van der Waals surface area contributed by atoms with E-state index in [2.05, 4.69) is 11.0 Å². The Balaban J connectivity index is 1.42. The highest BCUT2D eigenvalue weighted by atomic mass is 16.5. The second kappa shape index (κ2) is 8.69. The molecule has 0 unspecified atom stereocenters. The van der Waals surface area contributed by atoms with Crippen LogP contribution in [0.25, 0.3) is 0 Å². The van der Waals surface area contributed by atoms with Gasteiger partial charge in [-0.05, 0) is 48.5 Å². The van der Waals surface area contributed by atoms with Crippen LogP contribution in [0.1, 0.15) is 10.4 Å². The fourth-order valence-corrected chi connectivity index (χ4v) is 3.49. The van der Waals surface area contributed by atoms with Gasteiger partial charge >= 0.3 is 0 Å². The summed E-state index contributed by atoms with van der Waals surface area (Å²) in [5, 5.41) is 0. The van der Waals surface area contributed by atoms with E-state index in [1.54, 1.807) is 7.11 Å². The molecule has 0 radical (unpaired) electrons. The first-order chi connectivity index (χ1) is 14.2. The molecule has 148 valence electrons. The van der Waals surface area contributed by atoms with Gasteiger partial charge in [0.25, 0.3) is 5.91 Å². The highest BCUT2D eigenvalue weighted by molar-refractivity contribution is 5.94. The number of ether oxygens (including phenoxy) is 2. The van der Waals surface area contributed by atoms with Crippen LogP contribution in [0.5, 0.6) is 17.2 Å². The third kappa shape index (κ3) is 4.35. The normalized spacial score (nSPS) is 13.8. The molecule has 5 nitrogen and oxygen atoms in total. The van der Waals surface area contributed by atoms with Crippen molar-refractivity contribution in [3.05, 3.63) is 84.4 Å². The van der Waals surface area contributed by atoms with Gasteiger partial charge in [0.05, 0.1) is 12.8 Å². The summed E-state index contributed by atoms with van der Waals surface area (Å²) in [7, 11) is 1.62. The molecule has 1 amide bonds. The van der Waals surface area contributed by atoms with E-state index in [4.69, 9.17) is 9.47 Å². The minimum atomic E-state index is 0.0566. The molecule has 0 atom stereocenters. The number of para-hydroxylation sites is 3. The molecule has 3 aromatic rings. The molecule has 1 aliphatic rings. The number of piperazine rings is 1. The van der Waals surface area contributed by atoms with Gasteiger partial charge in [-0.25, -0.2) is 0 Å². The smallest absolute Gasteiger partial charge is 0.253 e. The Hall–Kier alpha value is -3.47. The van der Waals surface area contributed by atoms with Gasteiger partial charge in [0.15, 0.2) is 5.75 Å². The van der Waals surface area contributed by atoms with Crippen molar-refractivity contribution in [2.45, 2.75) is 0 Å². The Kier molecular flexibility index (Phi) is 5.66. The lowest BCUT2D eigenvalue weighted by atomic mass is 10.1. The average Bonchev–Trinajstić information content (AvgIpc) is 2.80. The molecule has 0 spiro atoms. The van der Waals surface area contributed by atoms with Crippen LogP contribution < -0.4 is 14.4 Å². The molecule has 29 heavy (non-hydrogen) atoms. The first-order valence-electron chi connectivity index (χ1n) is 9.75. The standard InChI is InChI=1S/C24H24N2O3/c1-28-20-13-11-19(12-14-20)24(27)26-17-15-25(16-18-26)22-9-5-6-10-23(22)29-21-7-3-2-4-8-21/h2-14H,15-18H2,1H3. The molecule has 1 heterocycles. The number of carbonyl (C=O) groups excluding carboxylic acids is 1. The summed E-state index contributed by atoms with van der Waals surface area (Å²) in [5.74, 6) is 2.45. The van der Waals surface area contributed by atoms with E-state index in [9.17, 15) is 4.79 Å². The maximum absolute atomic E-state index is 12.8. The lowest BCUT2D eigenvalue weighted by Crippen LogP contribution is -2.48. The van der Waals surface area contributed by atoms with Crippen molar-refractivity contribution in [3.63, 3.8) is 0 Å². The fraction of sp³-hybridized carbons (Fsp3) is 0.208. The maximum atomic E-state index is 12.8. The number of hydrogen-bond acceptors (Lipinski definition) is 4. The Morgan fingerprint density at radius 1 is 0.759 bits per heavy atom. The maximum Gasteiger partial charge on any atom is 0.253 e. The van der Waals surface area contributed by atoms with Crippen LogP contribution in [0.2, 0.25) is 0 Å². The highest BCUT2D eigenvalue weighted by Crippen LogP contribution is 2.32. The summed E-state index contributed by atoms with van der Waals surface area (Å²) < 4.78 is 11.3. The second-order valence-corrected chi connectivity index (χ2v) is 6.89. The van der Waals surface area contributed by atoms with E-state index >= 15 is 0 Å². The quantitative estimate of drug-likeness (QED) is 0.648. The number of anilines is 1. The number of nitrogens with zero attached hydrogens (tertiary/aromatic N) is 2. The molecule has 0 aliphatic carbocycles. The monoisotopic (exact) mass is 388 g/mol. The van der Waals surface area contributed by atoms with Gasteiger partial charge in [0, 0.05) is 31.7 Å². The number of methoxy groups -OCH3 is 1. The van der Waals surface area contributed by atoms with Gasteiger partial charge in [0.1, 0.15) is 11.5 Å². The SMILES string of the molecule is COc1ccc(C(=O)N2CCN(c3ccccc3Oc3ccccc3)CC2)cc1. The third-order valence-electron chi connectivity index (χ3n) is 5.08. The number of benzene rings is 3. The van der Waals surface area contributed by atoms with E-state index in [-0.39, 0.29) is 5.91 Å². The van der Waals surface area contributed by atoms with Crippen LogP contribution in [0.4, 0.5) is 5.69 Å². The third-order valence-corrected chi connectivity index (χ3v) is 5.08. The van der Waals surface area contributed by atoms with E-state index in [1.807, 2.05) is 77.7 Å². The van der Waals surface area contributed by atoms with E-state index in [0.717, 1.165) is 36.0 Å². The zero-order valence-electron chi connectivity index (χ0n) is 16.5. The average molecular weight is 388 g/mol. The van der Waals surface area contributed by atoms with Crippen LogP contribution >= 0.6 is 0 Å².